The number of aryl methyl sites for hydroxylation is 2. The standard InChI is InChI=1S/C30H41F2N5O3/c31-30(32)9-14-37(15-10-30)26-16-23(18-33-19-26)24(17-28(38)39)21-40-27-6-3-13-36(20-27)12-2-5-25-8-7-22-4-1-11-34-29(22)35-25/h7-8,16,18-19,24,27H,1-6,9-15,17,20-21H2,(H,34,35)(H,38,39)/t24-,27+/m0/s1. The van der Waals surface area contributed by atoms with Crippen molar-refractivity contribution in [1.29, 1.82) is 0 Å². The lowest BCUT2D eigenvalue weighted by Crippen LogP contribution is -2.40. The third-order valence-electron chi connectivity index (χ3n) is 8.35. The number of carbonyl (C=O) groups is 1. The van der Waals surface area contributed by atoms with Gasteiger partial charge in [0.2, 0.25) is 0 Å². The van der Waals surface area contributed by atoms with E-state index in [1.807, 2.05) is 11.0 Å². The van der Waals surface area contributed by atoms with Gasteiger partial charge in [0.1, 0.15) is 5.82 Å². The first-order valence-electron chi connectivity index (χ1n) is 14.7. The zero-order valence-corrected chi connectivity index (χ0v) is 23.2. The number of carboxylic acids is 1. The zero-order valence-electron chi connectivity index (χ0n) is 23.2. The second kappa shape index (κ2) is 13.2. The van der Waals surface area contributed by atoms with Gasteiger partial charge in [-0.05, 0) is 74.9 Å². The predicted molar refractivity (Wildman–Crippen MR) is 150 cm³/mol. The van der Waals surface area contributed by atoms with E-state index < -0.39 is 11.9 Å². The van der Waals surface area contributed by atoms with Gasteiger partial charge in [0.05, 0.1) is 31.0 Å². The molecule has 5 rings (SSSR count). The highest BCUT2D eigenvalue weighted by Crippen LogP contribution is 2.32. The summed E-state index contributed by atoms with van der Waals surface area (Å²) in [7, 11) is 0. The number of alkyl halides is 2. The van der Waals surface area contributed by atoms with Gasteiger partial charge in [-0.1, -0.05) is 6.07 Å². The van der Waals surface area contributed by atoms with E-state index in [9.17, 15) is 18.7 Å². The van der Waals surface area contributed by atoms with E-state index in [1.54, 1.807) is 12.4 Å². The molecule has 218 valence electrons. The van der Waals surface area contributed by atoms with Crippen molar-refractivity contribution < 1.29 is 23.4 Å². The number of nitrogens with one attached hydrogen (secondary N) is 1. The minimum atomic E-state index is -2.62. The summed E-state index contributed by atoms with van der Waals surface area (Å²) in [5.74, 6) is -2.82. The maximum Gasteiger partial charge on any atom is 0.304 e. The van der Waals surface area contributed by atoms with Crippen LogP contribution in [0.25, 0.3) is 0 Å². The molecule has 3 aliphatic heterocycles. The maximum absolute atomic E-state index is 13.6. The molecule has 0 spiro atoms. The predicted octanol–water partition coefficient (Wildman–Crippen LogP) is 4.74. The number of ether oxygens (including phenoxy) is 1. The number of pyridine rings is 2. The second-order valence-electron chi connectivity index (χ2n) is 11.5. The lowest BCUT2D eigenvalue weighted by molar-refractivity contribution is -0.138. The van der Waals surface area contributed by atoms with Crippen molar-refractivity contribution in [3.8, 4) is 0 Å². The summed E-state index contributed by atoms with van der Waals surface area (Å²) in [5, 5.41) is 13.0. The van der Waals surface area contributed by atoms with Crippen LogP contribution in [0, 0.1) is 0 Å². The molecule has 5 heterocycles. The summed E-state index contributed by atoms with van der Waals surface area (Å²) in [6.45, 7) is 4.65. The highest BCUT2D eigenvalue weighted by atomic mass is 19.3. The quantitative estimate of drug-likeness (QED) is 0.410. The molecule has 2 N–H and O–H groups in total. The second-order valence-corrected chi connectivity index (χ2v) is 11.5. The van der Waals surface area contributed by atoms with Gasteiger partial charge in [-0.15, -0.1) is 0 Å². The lowest BCUT2D eigenvalue weighted by Gasteiger charge is -2.34. The molecule has 2 atom stereocenters. The van der Waals surface area contributed by atoms with E-state index in [4.69, 9.17) is 9.72 Å². The average molecular weight is 558 g/mol. The SMILES string of the molecule is O=C(O)C[C@@H](CO[C@@H]1CCCN(CCCc2ccc3c(n2)NCCC3)C1)c1cncc(N2CCC(F)(F)CC2)c1. The lowest BCUT2D eigenvalue weighted by atomic mass is 9.97. The third-order valence-corrected chi connectivity index (χ3v) is 8.35. The van der Waals surface area contributed by atoms with Crippen molar-refractivity contribution in [2.45, 2.75) is 75.7 Å². The van der Waals surface area contributed by atoms with Crippen LogP contribution in [-0.4, -0.2) is 83.8 Å². The maximum atomic E-state index is 13.6. The summed E-state index contributed by atoms with van der Waals surface area (Å²) in [5.41, 5.74) is 3.97. The number of likely N-dealkylation sites (tertiary alicyclic amines) is 1. The molecular formula is C30H41F2N5O3. The van der Waals surface area contributed by atoms with Gasteiger partial charge >= 0.3 is 5.97 Å². The average Bonchev–Trinajstić information content (AvgIpc) is 2.95. The highest BCUT2D eigenvalue weighted by molar-refractivity contribution is 5.68. The fourth-order valence-electron chi connectivity index (χ4n) is 6.01. The minimum Gasteiger partial charge on any atom is -0.481 e. The van der Waals surface area contributed by atoms with Gasteiger partial charge in [-0.2, -0.15) is 0 Å². The Morgan fingerprint density at radius 2 is 2.05 bits per heavy atom. The van der Waals surface area contributed by atoms with E-state index in [-0.39, 0.29) is 44.4 Å². The molecular weight excluding hydrogens is 516 g/mol. The number of rotatable bonds is 11. The third kappa shape index (κ3) is 7.87. The number of carboxylic acid groups (broad SMARTS) is 1. The Morgan fingerprint density at radius 1 is 1.20 bits per heavy atom. The molecule has 40 heavy (non-hydrogen) atoms. The Hall–Kier alpha value is -2.85. The van der Waals surface area contributed by atoms with Crippen molar-refractivity contribution in [2.24, 2.45) is 0 Å². The molecule has 0 aliphatic carbocycles. The van der Waals surface area contributed by atoms with Crippen molar-refractivity contribution in [3.05, 3.63) is 47.4 Å². The monoisotopic (exact) mass is 557 g/mol. The largest absolute Gasteiger partial charge is 0.481 e. The Kier molecular flexibility index (Phi) is 9.47. The first kappa shape index (κ1) is 28.7. The molecule has 0 bridgehead atoms. The number of hydrogen-bond acceptors (Lipinski definition) is 7. The number of halogens is 2. The molecule has 2 fully saturated rings. The molecule has 8 nitrogen and oxygen atoms in total. The number of aromatic nitrogens is 2. The van der Waals surface area contributed by atoms with Crippen molar-refractivity contribution in [1.82, 2.24) is 14.9 Å². The molecule has 2 saturated heterocycles. The van der Waals surface area contributed by atoms with E-state index in [2.05, 4.69) is 27.3 Å². The number of anilines is 2. The van der Waals surface area contributed by atoms with Crippen molar-refractivity contribution in [3.63, 3.8) is 0 Å². The summed E-state index contributed by atoms with van der Waals surface area (Å²) >= 11 is 0. The number of piperidine rings is 2. The topological polar surface area (TPSA) is 90.8 Å². The van der Waals surface area contributed by atoms with E-state index in [1.165, 1.54) is 5.56 Å². The van der Waals surface area contributed by atoms with Crippen LogP contribution in [0.5, 0.6) is 0 Å². The molecule has 0 saturated carbocycles. The highest BCUT2D eigenvalue weighted by Gasteiger charge is 2.34. The van der Waals surface area contributed by atoms with Crippen molar-refractivity contribution >= 4 is 17.5 Å². The van der Waals surface area contributed by atoms with Gasteiger partial charge < -0.3 is 25.0 Å². The van der Waals surface area contributed by atoms with Crippen LogP contribution in [0.2, 0.25) is 0 Å². The van der Waals surface area contributed by atoms with E-state index in [0.717, 1.165) is 87.5 Å². The Labute approximate surface area is 235 Å². The van der Waals surface area contributed by atoms with Crippen LogP contribution in [0.4, 0.5) is 20.3 Å². The van der Waals surface area contributed by atoms with Crippen LogP contribution in [-0.2, 0) is 22.4 Å². The van der Waals surface area contributed by atoms with Gasteiger partial charge in [0, 0.05) is 56.8 Å². The molecule has 3 aliphatic rings. The molecule has 0 aromatic carbocycles. The Balaban J connectivity index is 1.12. The van der Waals surface area contributed by atoms with Crippen molar-refractivity contribution in [2.75, 3.05) is 56.1 Å². The Morgan fingerprint density at radius 3 is 2.88 bits per heavy atom. The van der Waals surface area contributed by atoms with Gasteiger partial charge in [0.15, 0.2) is 0 Å². The van der Waals surface area contributed by atoms with Crippen LogP contribution in [0.15, 0.2) is 30.6 Å². The first-order valence-corrected chi connectivity index (χ1v) is 14.7. The number of fused-ring (bicyclic) bond motifs is 1. The normalized spacial score (nSPS) is 21.9. The number of hydrogen-bond donors (Lipinski definition) is 2. The summed E-state index contributed by atoms with van der Waals surface area (Å²) in [6, 6.07) is 6.25. The molecule has 0 radical (unpaired) electrons. The summed E-state index contributed by atoms with van der Waals surface area (Å²) in [6.07, 6.45) is 9.19. The first-order chi connectivity index (χ1) is 19.3. The summed E-state index contributed by atoms with van der Waals surface area (Å²) < 4.78 is 33.5. The fraction of sp³-hybridized carbons (Fsp3) is 0.633. The summed E-state index contributed by atoms with van der Waals surface area (Å²) in [4.78, 5) is 25.1. The van der Waals surface area contributed by atoms with Gasteiger partial charge in [-0.3, -0.25) is 9.78 Å². The smallest absolute Gasteiger partial charge is 0.304 e. The fourth-order valence-corrected chi connectivity index (χ4v) is 6.01. The van der Waals surface area contributed by atoms with Gasteiger partial charge in [0.25, 0.3) is 5.92 Å². The van der Waals surface area contributed by atoms with Crippen LogP contribution in [0.3, 0.4) is 0 Å². The number of aliphatic carboxylic acids is 1. The van der Waals surface area contributed by atoms with Crippen LogP contribution >= 0.6 is 0 Å². The molecule has 10 heteroatoms. The zero-order chi connectivity index (χ0) is 28.0. The Bertz CT molecular complexity index is 1140. The molecule has 2 aromatic rings. The van der Waals surface area contributed by atoms with E-state index >= 15 is 0 Å². The molecule has 2 aromatic heterocycles. The van der Waals surface area contributed by atoms with E-state index in [0.29, 0.717) is 6.61 Å². The van der Waals surface area contributed by atoms with Gasteiger partial charge in [-0.25, -0.2) is 13.8 Å². The molecule has 0 unspecified atom stereocenters. The molecule has 0 amide bonds. The minimum absolute atomic E-state index is 0.0524. The van der Waals surface area contributed by atoms with Crippen LogP contribution in [0.1, 0.15) is 67.7 Å². The van der Waals surface area contributed by atoms with Crippen LogP contribution < -0.4 is 10.2 Å². The number of nitrogens with zero attached hydrogens (tertiary/aromatic N) is 4.